The molecule has 0 saturated carbocycles. The first-order chi connectivity index (χ1) is 9.58. The van der Waals surface area contributed by atoms with Gasteiger partial charge >= 0.3 is 0 Å². The fourth-order valence-electron chi connectivity index (χ4n) is 1.68. The SMILES string of the molecule is Nc1ccc(Cl)cc1C=NCC(=O)c1ccccc1O. The highest BCUT2D eigenvalue weighted by molar-refractivity contribution is 6.31. The van der Waals surface area contributed by atoms with Gasteiger partial charge in [0.2, 0.25) is 0 Å². The number of aromatic hydroxyl groups is 1. The maximum Gasteiger partial charge on any atom is 0.187 e. The number of halogens is 1. The number of ketones is 1. The van der Waals surface area contributed by atoms with Crippen molar-refractivity contribution in [3.05, 3.63) is 58.6 Å². The first-order valence-corrected chi connectivity index (χ1v) is 6.32. The smallest absolute Gasteiger partial charge is 0.187 e. The van der Waals surface area contributed by atoms with Crippen LogP contribution in [0.2, 0.25) is 5.02 Å². The lowest BCUT2D eigenvalue weighted by Crippen LogP contribution is -2.04. The van der Waals surface area contributed by atoms with Crippen molar-refractivity contribution in [2.45, 2.75) is 0 Å². The molecule has 5 heteroatoms. The van der Waals surface area contributed by atoms with Gasteiger partial charge < -0.3 is 10.8 Å². The zero-order chi connectivity index (χ0) is 14.5. The van der Waals surface area contributed by atoms with E-state index in [0.29, 0.717) is 16.3 Å². The van der Waals surface area contributed by atoms with Gasteiger partial charge in [0.05, 0.1) is 5.56 Å². The summed E-state index contributed by atoms with van der Waals surface area (Å²) in [5.74, 6) is -0.310. The summed E-state index contributed by atoms with van der Waals surface area (Å²) in [6.07, 6.45) is 1.50. The van der Waals surface area contributed by atoms with Crippen LogP contribution in [0.15, 0.2) is 47.5 Å². The van der Waals surface area contributed by atoms with Gasteiger partial charge in [-0.25, -0.2) is 0 Å². The Labute approximate surface area is 121 Å². The molecule has 0 fully saturated rings. The fourth-order valence-corrected chi connectivity index (χ4v) is 1.86. The summed E-state index contributed by atoms with van der Waals surface area (Å²) in [6, 6.07) is 11.4. The zero-order valence-corrected chi connectivity index (χ0v) is 11.3. The number of carbonyl (C=O) groups is 1. The Morgan fingerprint density at radius 3 is 2.80 bits per heavy atom. The van der Waals surface area contributed by atoms with Crippen LogP contribution < -0.4 is 5.73 Å². The van der Waals surface area contributed by atoms with Gasteiger partial charge in [0.25, 0.3) is 0 Å². The molecule has 0 amide bonds. The van der Waals surface area contributed by atoms with E-state index in [0.717, 1.165) is 0 Å². The van der Waals surface area contributed by atoms with Crippen LogP contribution in [0, 0.1) is 0 Å². The number of Topliss-reactive ketones (excluding diaryl/α,β-unsaturated/α-hetero) is 1. The molecule has 2 rings (SSSR count). The van der Waals surface area contributed by atoms with Crippen molar-refractivity contribution in [1.29, 1.82) is 0 Å². The van der Waals surface area contributed by atoms with Crippen molar-refractivity contribution in [3.63, 3.8) is 0 Å². The molecule has 0 bridgehead atoms. The van der Waals surface area contributed by atoms with E-state index in [-0.39, 0.29) is 23.6 Å². The summed E-state index contributed by atoms with van der Waals surface area (Å²) in [4.78, 5) is 15.9. The molecule has 0 atom stereocenters. The maximum atomic E-state index is 11.9. The Morgan fingerprint density at radius 2 is 2.05 bits per heavy atom. The van der Waals surface area contributed by atoms with E-state index in [1.54, 1.807) is 36.4 Å². The van der Waals surface area contributed by atoms with E-state index < -0.39 is 0 Å². The Kier molecular flexibility index (Phi) is 4.38. The number of benzene rings is 2. The quantitative estimate of drug-likeness (QED) is 0.516. The first kappa shape index (κ1) is 14.1. The van der Waals surface area contributed by atoms with Gasteiger partial charge in [0.1, 0.15) is 12.3 Å². The Balaban J connectivity index is 2.09. The van der Waals surface area contributed by atoms with E-state index in [4.69, 9.17) is 17.3 Å². The van der Waals surface area contributed by atoms with Crippen molar-refractivity contribution >= 4 is 29.3 Å². The molecule has 4 nitrogen and oxygen atoms in total. The van der Waals surface area contributed by atoms with Gasteiger partial charge in [-0.1, -0.05) is 23.7 Å². The van der Waals surface area contributed by atoms with Gasteiger partial charge in [0.15, 0.2) is 5.78 Å². The number of nitrogens with two attached hydrogens (primary N) is 1. The second-order valence-electron chi connectivity index (χ2n) is 4.18. The van der Waals surface area contributed by atoms with E-state index in [2.05, 4.69) is 4.99 Å². The zero-order valence-electron chi connectivity index (χ0n) is 10.6. The number of phenolic OH excluding ortho intramolecular Hbond substituents is 1. The molecule has 0 radical (unpaired) electrons. The minimum absolute atomic E-state index is 0.0463. The van der Waals surface area contributed by atoms with Crippen LogP contribution in [0.3, 0.4) is 0 Å². The Hall–Kier alpha value is -2.33. The van der Waals surface area contributed by atoms with Crippen molar-refractivity contribution < 1.29 is 9.90 Å². The molecule has 0 aliphatic carbocycles. The van der Waals surface area contributed by atoms with Gasteiger partial charge in [0, 0.05) is 22.5 Å². The molecule has 0 aromatic heterocycles. The van der Waals surface area contributed by atoms with Crippen molar-refractivity contribution in [2.24, 2.45) is 4.99 Å². The number of rotatable bonds is 4. The number of para-hydroxylation sites is 1. The predicted octanol–water partition coefficient (Wildman–Crippen LogP) is 2.93. The van der Waals surface area contributed by atoms with Gasteiger partial charge in [-0.05, 0) is 30.3 Å². The van der Waals surface area contributed by atoms with E-state index in [1.165, 1.54) is 12.3 Å². The number of anilines is 1. The molecule has 0 aliphatic heterocycles. The predicted molar refractivity (Wildman–Crippen MR) is 80.8 cm³/mol. The summed E-state index contributed by atoms with van der Waals surface area (Å²) >= 11 is 5.86. The molecule has 20 heavy (non-hydrogen) atoms. The van der Waals surface area contributed by atoms with Gasteiger partial charge in [-0.2, -0.15) is 0 Å². The second kappa shape index (κ2) is 6.21. The summed E-state index contributed by atoms with van der Waals surface area (Å²) < 4.78 is 0. The molecule has 0 unspecified atom stereocenters. The van der Waals surface area contributed by atoms with Crippen LogP contribution in [0.5, 0.6) is 5.75 Å². The van der Waals surface area contributed by atoms with Gasteiger partial charge in [-0.15, -0.1) is 0 Å². The summed E-state index contributed by atoms with van der Waals surface area (Å²) in [5, 5.41) is 10.1. The minimum atomic E-state index is -0.264. The number of hydrogen-bond acceptors (Lipinski definition) is 4. The van der Waals surface area contributed by atoms with E-state index in [1.807, 2.05) is 0 Å². The molecule has 2 aromatic rings. The topological polar surface area (TPSA) is 75.7 Å². The van der Waals surface area contributed by atoms with Crippen LogP contribution in [-0.2, 0) is 0 Å². The molecule has 0 saturated heterocycles. The number of nitrogen functional groups attached to an aromatic ring is 1. The lowest BCUT2D eigenvalue weighted by Gasteiger charge is -2.02. The van der Waals surface area contributed by atoms with Crippen LogP contribution in [0.25, 0.3) is 0 Å². The lowest BCUT2D eigenvalue weighted by molar-refractivity contribution is 0.0999. The molecule has 2 aromatic carbocycles. The molecular formula is C15H13ClN2O2. The van der Waals surface area contributed by atoms with E-state index >= 15 is 0 Å². The van der Waals surface area contributed by atoms with Crippen LogP contribution in [0.1, 0.15) is 15.9 Å². The standard InChI is InChI=1S/C15H13ClN2O2/c16-11-5-6-13(17)10(7-11)8-18-9-15(20)12-3-1-2-4-14(12)19/h1-8,19H,9,17H2. The number of hydrogen-bond donors (Lipinski definition) is 2. The van der Waals surface area contributed by atoms with Crippen LogP contribution in [0.4, 0.5) is 5.69 Å². The lowest BCUT2D eigenvalue weighted by atomic mass is 10.1. The van der Waals surface area contributed by atoms with Crippen molar-refractivity contribution in [3.8, 4) is 5.75 Å². The van der Waals surface area contributed by atoms with E-state index in [9.17, 15) is 9.90 Å². The van der Waals surface area contributed by atoms with Crippen molar-refractivity contribution in [1.82, 2.24) is 0 Å². The minimum Gasteiger partial charge on any atom is -0.507 e. The summed E-state index contributed by atoms with van der Waals surface area (Å²) in [6.45, 7) is -0.0659. The average Bonchev–Trinajstić information content (AvgIpc) is 2.43. The number of phenols is 1. The van der Waals surface area contributed by atoms with Crippen molar-refractivity contribution in [2.75, 3.05) is 12.3 Å². The summed E-state index contributed by atoms with van der Waals surface area (Å²) in [7, 11) is 0. The third kappa shape index (κ3) is 3.36. The third-order valence-corrected chi connectivity index (χ3v) is 2.95. The first-order valence-electron chi connectivity index (χ1n) is 5.94. The van der Waals surface area contributed by atoms with Crippen LogP contribution >= 0.6 is 11.6 Å². The normalized spacial score (nSPS) is 10.8. The monoisotopic (exact) mass is 288 g/mol. The third-order valence-electron chi connectivity index (χ3n) is 2.72. The molecule has 0 aliphatic rings. The summed E-state index contributed by atoms with van der Waals surface area (Å²) in [5.41, 5.74) is 7.21. The molecular weight excluding hydrogens is 276 g/mol. The second-order valence-corrected chi connectivity index (χ2v) is 4.62. The highest BCUT2D eigenvalue weighted by Gasteiger charge is 2.08. The largest absolute Gasteiger partial charge is 0.507 e. The Morgan fingerprint density at radius 1 is 1.30 bits per heavy atom. The maximum absolute atomic E-state index is 11.9. The molecule has 3 N–H and O–H groups in total. The number of carbonyl (C=O) groups excluding carboxylic acids is 1. The van der Waals surface area contributed by atoms with Gasteiger partial charge in [-0.3, -0.25) is 9.79 Å². The highest BCUT2D eigenvalue weighted by atomic mass is 35.5. The Bertz CT molecular complexity index is 669. The fraction of sp³-hybridized carbons (Fsp3) is 0.0667. The molecule has 0 heterocycles. The molecule has 0 spiro atoms. The number of nitrogens with zero attached hydrogens (tertiary/aromatic N) is 1. The highest BCUT2D eigenvalue weighted by Crippen LogP contribution is 2.17. The molecule has 102 valence electrons. The average molecular weight is 289 g/mol. The number of aliphatic imine (C=N–C) groups is 1. The van der Waals surface area contributed by atoms with Crippen LogP contribution in [-0.4, -0.2) is 23.6 Å².